The summed E-state index contributed by atoms with van der Waals surface area (Å²) in [5.41, 5.74) is 0.671. The van der Waals surface area contributed by atoms with E-state index < -0.39 is 0 Å². The first-order valence-electron chi connectivity index (χ1n) is 8.46. The molecule has 0 aromatic heterocycles. The highest BCUT2D eigenvalue weighted by Crippen LogP contribution is 2.65. The summed E-state index contributed by atoms with van der Waals surface area (Å²) in [7, 11) is 0. The van der Waals surface area contributed by atoms with Crippen LogP contribution in [0.3, 0.4) is 0 Å². The molecule has 0 heterocycles. The third-order valence-electron chi connectivity index (χ3n) is 7.04. The maximum atomic E-state index is 12.2. The molecule has 0 saturated heterocycles. The van der Waals surface area contributed by atoms with Gasteiger partial charge in [-0.2, -0.15) is 0 Å². The molecule has 1 amide bonds. The van der Waals surface area contributed by atoms with E-state index in [0.717, 1.165) is 5.92 Å². The fraction of sp³-hybridized carbons (Fsp3) is 0.941. The summed E-state index contributed by atoms with van der Waals surface area (Å²) in [5, 5.41) is 6.75. The van der Waals surface area contributed by atoms with E-state index in [4.69, 9.17) is 0 Å². The zero-order valence-corrected chi connectivity index (χ0v) is 13.3. The molecule has 3 fully saturated rings. The Hall–Kier alpha value is -0.570. The molecule has 3 saturated carbocycles. The molecule has 3 nitrogen and oxygen atoms in total. The van der Waals surface area contributed by atoms with Crippen molar-refractivity contribution in [3.8, 4) is 0 Å². The summed E-state index contributed by atoms with van der Waals surface area (Å²) in [6.07, 6.45) is 8.90. The topological polar surface area (TPSA) is 41.1 Å². The molecule has 3 heteroatoms. The standard InChI is InChI=1S/C17H30N2O/c1-16(2)12-8-9-17(16,3)14(10-12)19-15(20)11-18-13-6-4-5-7-13/h12-14,18H,4-11H2,1-3H3,(H,19,20). The SMILES string of the molecule is CC1(C)C2CCC1(C)C(NC(=O)CNC1CCCC1)C2. The first-order chi connectivity index (χ1) is 9.43. The van der Waals surface area contributed by atoms with Crippen molar-refractivity contribution in [2.45, 2.75) is 77.8 Å². The van der Waals surface area contributed by atoms with Crippen LogP contribution in [0.4, 0.5) is 0 Å². The van der Waals surface area contributed by atoms with Gasteiger partial charge in [0.15, 0.2) is 0 Å². The Bertz CT molecular complexity index is 386. The number of fused-ring (bicyclic) bond motifs is 2. The number of hydrogen-bond donors (Lipinski definition) is 2. The van der Waals surface area contributed by atoms with E-state index in [1.165, 1.54) is 44.9 Å². The van der Waals surface area contributed by atoms with E-state index >= 15 is 0 Å². The number of hydrogen-bond acceptors (Lipinski definition) is 2. The van der Waals surface area contributed by atoms with Gasteiger partial charge in [-0.3, -0.25) is 4.79 Å². The highest BCUT2D eigenvalue weighted by atomic mass is 16.2. The fourth-order valence-electron chi connectivity index (χ4n) is 5.03. The van der Waals surface area contributed by atoms with E-state index in [-0.39, 0.29) is 5.91 Å². The van der Waals surface area contributed by atoms with Crippen molar-refractivity contribution in [1.82, 2.24) is 10.6 Å². The molecule has 0 aromatic rings. The molecule has 2 bridgehead atoms. The number of carbonyl (C=O) groups excluding carboxylic acids is 1. The van der Waals surface area contributed by atoms with E-state index in [1.54, 1.807) is 0 Å². The molecule has 3 aliphatic rings. The smallest absolute Gasteiger partial charge is 0.234 e. The van der Waals surface area contributed by atoms with Crippen LogP contribution in [0, 0.1) is 16.7 Å². The Balaban J connectivity index is 1.52. The summed E-state index contributed by atoms with van der Waals surface area (Å²) in [6.45, 7) is 7.68. The average molecular weight is 278 g/mol. The van der Waals surface area contributed by atoms with E-state index in [9.17, 15) is 4.79 Å². The highest BCUT2D eigenvalue weighted by Gasteiger charge is 2.61. The lowest BCUT2D eigenvalue weighted by molar-refractivity contribution is -0.122. The third-order valence-corrected chi connectivity index (χ3v) is 7.04. The Morgan fingerprint density at radius 3 is 2.40 bits per heavy atom. The molecule has 0 spiro atoms. The minimum atomic E-state index is 0.200. The van der Waals surface area contributed by atoms with Gasteiger partial charge >= 0.3 is 0 Å². The van der Waals surface area contributed by atoms with Gasteiger partial charge in [0, 0.05) is 12.1 Å². The number of carbonyl (C=O) groups is 1. The summed E-state index contributed by atoms with van der Waals surface area (Å²) >= 11 is 0. The first kappa shape index (κ1) is 14.4. The molecular weight excluding hydrogens is 248 g/mol. The van der Waals surface area contributed by atoms with Crippen molar-refractivity contribution in [1.29, 1.82) is 0 Å². The van der Waals surface area contributed by atoms with Gasteiger partial charge in [-0.25, -0.2) is 0 Å². The minimum Gasteiger partial charge on any atom is -0.352 e. The van der Waals surface area contributed by atoms with Gasteiger partial charge in [0.2, 0.25) is 5.91 Å². The molecule has 3 atom stereocenters. The second-order valence-corrected chi connectivity index (χ2v) is 8.09. The molecule has 3 rings (SSSR count). The normalized spacial score (nSPS) is 39.4. The van der Waals surface area contributed by atoms with Crippen molar-refractivity contribution in [2.75, 3.05) is 6.54 Å². The molecule has 3 unspecified atom stereocenters. The number of amides is 1. The molecule has 2 N–H and O–H groups in total. The molecule has 3 aliphatic carbocycles. The molecule has 0 aromatic carbocycles. The fourth-order valence-corrected chi connectivity index (χ4v) is 5.03. The van der Waals surface area contributed by atoms with Crippen molar-refractivity contribution < 1.29 is 4.79 Å². The van der Waals surface area contributed by atoms with Crippen LogP contribution in [0.15, 0.2) is 0 Å². The van der Waals surface area contributed by atoms with Crippen LogP contribution in [-0.4, -0.2) is 24.5 Å². The lowest BCUT2D eigenvalue weighted by Gasteiger charge is -2.39. The number of nitrogens with one attached hydrogen (secondary N) is 2. The quantitative estimate of drug-likeness (QED) is 0.830. The maximum Gasteiger partial charge on any atom is 0.234 e. The third kappa shape index (κ3) is 2.18. The van der Waals surface area contributed by atoms with Crippen LogP contribution >= 0.6 is 0 Å². The molecular formula is C17H30N2O. The number of rotatable bonds is 4. The van der Waals surface area contributed by atoms with Crippen molar-refractivity contribution in [3.63, 3.8) is 0 Å². The van der Waals surface area contributed by atoms with E-state index in [1.807, 2.05) is 0 Å². The summed E-state index contributed by atoms with van der Waals surface area (Å²) < 4.78 is 0. The van der Waals surface area contributed by atoms with Gasteiger partial charge in [0.25, 0.3) is 0 Å². The lowest BCUT2D eigenvalue weighted by Crippen LogP contribution is -2.49. The van der Waals surface area contributed by atoms with E-state index in [2.05, 4.69) is 31.4 Å². The first-order valence-corrected chi connectivity index (χ1v) is 8.46. The van der Waals surface area contributed by atoms with Crippen molar-refractivity contribution in [2.24, 2.45) is 16.7 Å². The van der Waals surface area contributed by atoms with E-state index in [0.29, 0.717) is 29.5 Å². The molecule has 20 heavy (non-hydrogen) atoms. The average Bonchev–Trinajstić information content (AvgIpc) is 3.02. The second kappa shape index (κ2) is 5.01. The van der Waals surface area contributed by atoms with Crippen LogP contribution in [0.2, 0.25) is 0 Å². The summed E-state index contributed by atoms with van der Waals surface area (Å²) in [5.74, 6) is 0.993. The van der Waals surface area contributed by atoms with Gasteiger partial charge in [-0.1, -0.05) is 33.6 Å². The van der Waals surface area contributed by atoms with Crippen LogP contribution < -0.4 is 10.6 Å². The van der Waals surface area contributed by atoms with Crippen LogP contribution in [0.25, 0.3) is 0 Å². The van der Waals surface area contributed by atoms with Crippen molar-refractivity contribution in [3.05, 3.63) is 0 Å². The second-order valence-electron chi connectivity index (χ2n) is 8.09. The zero-order chi connectivity index (χ0) is 14.4. The molecule has 114 valence electrons. The predicted molar refractivity (Wildman–Crippen MR) is 81.4 cm³/mol. The van der Waals surface area contributed by atoms with Crippen LogP contribution in [0.1, 0.15) is 65.7 Å². The highest BCUT2D eigenvalue weighted by molar-refractivity contribution is 5.78. The van der Waals surface area contributed by atoms with Gasteiger partial charge in [-0.15, -0.1) is 0 Å². The maximum absolute atomic E-state index is 12.2. The Morgan fingerprint density at radius 2 is 1.85 bits per heavy atom. The Labute approximate surface area is 123 Å². The summed E-state index contributed by atoms with van der Waals surface area (Å²) in [6, 6.07) is 0.960. The minimum absolute atomic E-state index is 0.200. The predicted octanol–water partition coefficient (Wildman–Crippen LogP) is 2.85. The van der Waals surface area contributed by atoms with Crippen LogP contribution in [0.5, 0.6) is 0 Å². The zero-order valence-electron chi connectivity index (χ0n) is 13.3. The van der Waals surface area contributed by atoms with Gasteiger partial charge in [0.05, 0.1) is 6.54 Å². The molecule has 0 aliphatic heterocycles. The van der Waals surface area contributed by atoms with Gasteiger partial charge in [-0.05, 0) is 48.9 Å². The summed E-state index contributed by atoms with van der Waals surface area (Å²) in [4.78, 5) is 12.2. The monoisotopic (exact) mass is 278 g/mol. The Morgan fingerprint density at radius 1 is 1.15 bits per heavy atom. The molecule has 0 radical (unpaired) electrons. The van der Waals surface area contributed by atoms with Gasteiger partial charge < -0.3 is 10.6 Å². The van der Waals surface area contributed by atoms with Crippen LogP contribution in [-0.2, 0) is 4.79 Å². The van der Waals surface area contributed by atoms with Gasteiger partial charge in [0.1, 0.15) is 0 Å². The largest absolute Gasteiger partial charge is 0.352 e. The lowest BCUT2D eigenvalue weighted by atomic mass is 9.69. The Kier molecular flexibility index (Phi) is 3.60. The van der Waals surface area contributed by atoms with Crippen molar-refractivity contribution >= 4 is 5.91 Å².